The number of benzene rings is 2. The van der Waals surface area contributed by atoms with Gasteiger partial charge in [-0.3, -0.25) is 4.79 Å². The van der Waals surface area contributed by atoms with E-state index in [0.717, 1.165) is 12.1 Å². The SMILES string of the molecule is COc1ccc(C[C@H](NC(=O)Cc2cc(F)cc(F)c2)C(=O)O)cc1. The third kappa shape index (κ3) is 5.56. The molecule has 7 heteroatoms. The number of nitrogens with one attached hydrogen (secondary N) is 1. The van der Waals surface area contributed by atoms with Crippen LogP contribution in [0.3, 0.4) is 0 Å². The predicted octanol–water partition coefficient (Wildman–Crippen LogP) is 2.33. The second-order valence-corrected chi connectivity index (χ2v) is 5.47. The van der Waals surface area contributed by atoms with Crippen molar-refractivity contribution in [3.63, 3.8) is 0 Å². The van der Waals surface area contributed by atoms with Crippen LogP contribution in [0.25, 0.3) is 0 Å². The van der Waals surface area contributed by atoms with Crippen LogP contribution in [0.15, 0.2) is 42.5 Å². The maximum atomic E-state index is 13.1. The van der Waals surface area contributed by atoms with Crippen molar-refractivity contribution in [2.75, 3.05) is 7.11 Å². The van der Waals surface area contributed by atoms with Gasteiger partial charge >= 0.3 is 5.97 Å². The Morgan fingerprint density at radius 2 is 1.68 bits per heavy atom. The number of ether oxygens (including phenoxy) is 1. The average Bonchev–Trinajstić information content (AvgIpc) is 2.53. The number of carboxylic acids is 1. The third-order valence-corrected chi connectivity index (χ3v) is 3.52. The Hall–Kier alpha value is -2.96. The van der Waals surface area contributed by atoms with Gasteiger partial charge < -0.3 is 15.2 Å². The maximum Gasteiger partial charge on any atom is 0.326 e. The first-order chi connectivity index (χ1) is 11.9. The van der Waals surface area contributed by atoms with E-state index in [-0.39, 0.29) is 18.4 Å². The molecule has 1 amide bonds. The van der Waals surface area contributed by atoms with Gasteiger partial charge in [-0.05, 0) is 35.4 Å². The molecule has 25 heavy (non-hydrogen) atoms. The minimum absolute atomic E-state index is 0.0720. The van der Waals surface area contributed by atoms with E-state index < -0.39 is 29.6 Å². The molecule has 0 spiro atoms. The molecule has 132 valence electrons. The summed E-state index contributed by atoms with van der Waals surface area (Å²) in [6.45, 7) is 0. The van der Waals surface area contributed by atoms with Crippen molar-refractivity contribution in [1.82, 2.24) is 5.32 Å². The summed E-state index contributed by atoms with van der Waals surface area (Å²) >= 11 is 0. The molecule has 0 heterocycles. The molecule has 0 saturated carbocycles. The van der Waals surface area contributed by atoms with E-state index in [9.17, 15) is 23.5 Å². The number of amides is 1. The largest absolute Gasteiger partial charge is 0.497 e. The molecule has 1 atom stereocenters. The zero-order valence-electron chi connectivity index (χ0n) is 13.5. The minimum Gasteiger partial charge on any atom is -0.497 e. The number of carbonyl (C=O) groups is 2. The quantitative estimate of drug-likeness (QED) is 0.804. The van der Waals surface area contributed by atoms with Crippen LogP contribution in [0, 0.1) is 11.6 Å². The molecule has 0 aromatic heterocycles. The van der Waals surface area contributed by atoms with Gasteiger partial charge in [-0.1, -0.05) is 12.1 Å². The molecule has 0 aliphatic heterocycles. The van der Waals surface area contributed by atoms with E-state index in [1.807, 2.05) is 0 Å². The van der Waals surface area contributed by atoms with Gasteiger partial charge in [0, 0.05) is 12.5 Å². The average molecular weight is 349 g/mol. The van der Waals surface area contributed by atoms with E-state index in [2.05, 4.69) is 5.32 Å². The van der Waals surface area contributed by atoms with E-state index in [4.69, 9.17) is 4.74 Å². The van der Waals surface area contributed by atoms with Crippen LogP contribution < -0.4 is 10.1 Å². The van der Waals surface area contributed by atoms with Gasteiger partial charge in [0.1, 0.15) is 23.4 Å². The highest BCUT2D eigenvalue weighted by atomic mass is 19.1. The molecule has 0 radical (unpaired) electrons. The standard InChI is InChI=1S/C18H17F2NO4/c1-25-15-4-2-11(3-5-15)8-16(18(23)24)21-17(22)9-12-6-13(19)10-14(20)7-12/h2-7,10,16H,8-9H2,1H3,(H,21,22)(H,23,24)/t16-/m0/s1. The zero-order chi connectivity index (χ0) is 18.4. The Morgan fingerprint density at radius 3 is 2.20 bits per heavy atom. The molecule has 0 aliphatic rings. The van der Waals surface area contributed by atoms with Crippen molar-refractivity contribution in [2.24, 2.45) is 0 Å². The van der Waals surface area contributed by atoms with E-state index in [1.54, 1.807) is 24.3 Å². The van der Waals surface area contributed by atoms with E-state index >= 15 is 0 Å². The zero-order valence-corrected chi connectivity index (χ0v) is 13.5. The van der Waals surface area contributed by atoms with E-state index in [0.29, 0.717) is 17.4 Å². The predicted molar refractivity (Wildman–Crippen MR) is 86.3 cm³/mol. The fourth-order valence-electron chi connectivity index (χ4n) is 2.34. The van der Waals surface area contributed by atoms with Crippen LogP contribution >= 0.6 is 0 Å². The summed E-state index contributed by atoms with van der Waals surface area (Å²) in [6.07, 6.45) is -0.246. The summed E-state index contributed by atoms with van der Waals surface area (Å²) in [5.74, 6) is -2.79. The fourth-order valence-corrected chi connectivity index (χ4v) is 2.34. The monoisotopic (exact) mass is 349 g/mol. The van der Waals surface area contributed by atoms with Crippen molar-refractivity contribution in [3.05, 3.63) is 65.2 Å². The molecule has 2 rings (SSSR count). The summed E-state index contributed by atoms with van der Waals surface area (Å²) in [5, 5.41) is 11.6. The van der Waals surface area contributed by atoms with Gasteiger partial charge in [0.2, 0.25) is 5.91 Å². The lowest BCUT2D eigenvalue weighted by Gasteiger charge is -2.15. The lowest BCUT2D eigenvalue weighted by atomic mass is 10.0. The molecule has 0 saturated heterocycles. The van der Waals surface area contributed by atoms with Crippen molar-refractivity contribution < 1.29 is 28.2 Å². The van der Waals surface area contributed by atoms with Crippen LogP contribution in [0.4, 0.5) is 8.78 Å². The number of halogens is 2. The molecule has 5 nitrogen and oxygen atoms in total. The van der Waals surface area contributed by atoms with Crippen molar-refractivity contribution >= 4 is 11.9 Å². The lowest BCUT2D eigenvalue weighted by Crippen LogP contribution is -2.43. The summed E-state index contributed by atoms with van der Waals surface area (Å²) in [4.78, 5) is 23.4. The smallest absolute Gasteiger partial charge is 0.326 e. The normalized spacial score (nSPS) is 11.6. The van der Waals surface area contributed by atoms with Crippen LogP contribution in [-0.2, 0) is 22.4 Å². The molecular formula is C18H17F2NO4. The summed E-state index contributed by atoms with van der Waals surface area (Å²) in [6, 6.07) is 8.37. The Balaban J connectivity index is 2.02. The second-order valence-electron chi connectivity index (χ2n) is 5.47. The number of methoxy groups -OCH3 is 1. The van der Waals surface area contributed by atoms with Crippen LogP contribution in [0.5, 0.6) is 5.75 Å². The molecule has 0 fully saturated rings. The van der Waals surface area contributed by atoms with Gasteiger partial charge in [-0.25, -0.2) is 13.6 Å². The minimum atomic E-state index is -1.20. The van der Waals surface area contributed by atoms with Gasteiger partial charge in [-0.15, -0.1) is 0 Å². The van der Waals surface area contributed by atoms with E-state index in [1.165, 1.54) is 7.11 Å². The van der Waals surface area contributed by atoms with Gasteiger partial charge in [0.15, 0.2) is 0 Å². The van der Waals surface area contributed by atoms with Gasteiger partial charge in [-0.2, -0.15) is 0 Å². The molecule has 2 N–H and O–H groups in total. The van der Waals surface area contributed by atoms with Crippen LogP contribution in [0.1, 0.15) is 11.1 Å². The maximum absolute atomic E-state index is 13.1. The first-order valence-electron chi connectivity index (χ1n) is 7.47. The van der Waals surface area contributed by atoms with Crippen molar-refractivity contribution in [3.8, 4) is 5.75 Å². The first kappa shape index (κ1) is 18.4. The van der Waals surface area contributed by atoms with Crippen molar-refractivity contribution in [1.29, 1.82) is 0 Å². The molecule has 0 unspecified atom stereocenters. The topological polar surface area (TPSA) is 75.6 Å². The first-order valence-corrected chi connectivity index (χ1v) is 7.47. The Morgan fingerprint density at radius 1 is 1.08 bits per heavy atom. The lowest BCUT2D eigenvalue weighted by molar-refractivity contribution is -0.141. The van der Waals surface area contributed by atoms with Crippen molar-refractivity contribution in [2.45, 2.75) is 18.9 Å². The Kier molecular flexibility index (Phi) is 6.05. The van der Waals surface area contributed by atoms with Crippen LogP contribution in [-0.4, -0.2) is 30.1 Å². The van der Waals surface area contributed by atoms with Crippen LogP contribution in [0.2, 0.25) is 0 Å². The summed E-state index contributed by atoms with van der Waals surface area (Å²) in [7, 11) is 1.52. The Bertz CT molecular complexity index is 742. The highest BCUT2D eigenvalue weighted by Crippen LogP contribution is 2.13. The molecule has 0 aliphatic carbocycles. The molecule has 0 bridgehead atoms. The Labute approximate surface area is 143 Å². The highest BCUT2D eigenvalue weighted by Gasteiger charge is 2.20. The number of rotatable bonds is 7. The number of carboxylic acid groups (broad SMARTS) is 1. The second kappa shape index (κ2) is 8.23. The van der Waals surface area contributed by atoms with Gasteiger partial charge in [0.05, 0.1) is 13.5 Å². The third-order valence-electron chi connectivity index (χ3n) is 3.52. The molecule has 2 aromatic rings. The number of hydrogen-bond acceptors (Lipinski definition) is 3. The summed E-state index contributed by atoms with van der Waals surface area (Å²) < 4.78 is 31.3. The fraction of sp³-hybridized carbons (Fsp3) is 0.222. The molecular weight excluding hydrogens is 332 g/mol. The summed E-state index contributed by atoms with van der Waals surface area (Å²) in [5.41, 5.74) is 0.828. The molecule has 2 aromatic carbocycles. The number of carbonyl (C=O) groups excluding carboxylic acids is 1. The van der Waals surface area contributed by atoms with Gasteiger partial charge in [0.25, 0.3) is 0 Å². The number of hydrogen-bond donors (Lipinski definition) is 2. The number of aliphatic carboxylic acids is 1. The highest BCUT2D eigenvalue weighted by molar-refractivity contribution is 5.85.